The molecular weight excluding hydrogens is 272 g/mol. The number of rotatable bonds is 4. The summed E-state index contributed by atoms with van der Waals surface area (Å²) in [5.41, 5.74) is 0.258. The Bertz CT molecular complexity index is 527. The Hall–Kier alpha value is -1.96. The molecule has 0 spiro atoms. The zero-order valence-electron chi connectivity index (χ0n) is 9.94. The highest BCUT2D eigenvalue weighted by Gasteiger charge is 2.31. The van der Waals surface area contributed by atoms with E-state index in [1.165, 1.54) is 16.3 Å². The van der Waals surface area contributed by atoms with Gasteiger partial charge < -0.3 is 10.0 Å². The van der Waals surface area contributed by atoms with Crippen molar-refractivity contribution in [2.24, 2.45) is 0 Å². The maximum absolute atomic E-state index is 12.2. The van der Waals surface area contributed by atoms with Crippen molar-refractivity contribution in [1.82, 2.24) is 4.90 Å². The minimum absolute atomic E-state index is 0.0853. The summed E-state index contributed by atoms with van der Waals surface area (Å²) in [6.07, 6.45) is 1.33. The first-order valence-corrected chi connectivity index (χ1v) is 6.62. The van der Waals surface area contributed by atoms with Gasteiger partial charge in [0.05, 0.1) is 16.9 Å². The molecular formula is C11H12N2O5S. The van der Waals surface area contributed by atoms with Crippen LogP contribution in [0.1, 0.15) is 29.6 Å². The van der Waals surface area contributed by atoms with Crippen molar-refractivity contribution in [3.63, 3.8) is 0 Å². The Morgan fingerprint density at radius 2 is 2.32 bits per heavy atom. The molecule has 1 atom stereocenters. The Labute approximate surface area is 112 Å². The molecule has 0 aromatic carbocycles. The summed E-state index contributed by atoms with van der Waals surface area (Å²) < 4.78 is 0. The predicted octanol–water partition coefficient (Wildman–Crippen LogP) is 1.74. The standard InChI is InChI=1S/C11H12N2O5S/c14-10(15)5-8-2-1-3-12(8)11(16)7-4-9(13(17)18)19-6-7/h4,6,8H,1-3,5H2,(H,14,15). The number of likely N-dealkylation sites (tertiary alicyclic amines) is 1. The maximum Gasteiger partial charge on any atom is 0.324 e. The highest BCUT2D eigenvalue weighted by atomic mass is 32.1. The van der Waals surface area contributed by atoms with Gasteiger partial charge in [-0.1, -0.05) is 11.3 Å². The second-order valence-electron chi connectivity index (χ2n) is 4.32. The summed E-state index contributed by atoms with van der Waals surface area (Å²) in [5, 5.41) is 20.7. The Kier molecular flexibility index (Phi) is 3.79. The first-order valence-electron chi connectivity index (χ1n) is 5.74. The number of thiophene rings is 1. The molecule has 7 nitrogen and oxygen atoms in total. The van der Waals surface area contributed by atoms with Gasteiger partial charge in [-0.3, -0.25) is 19.7 Å². The summed E-state index contributed by atoms with van der Waals surface area (Å²) >= 11 is 0.897. The van der Waals surface area contributed by atoms with Gasteiger partial charge in [-0.15, -0.1) is 0 Å². The fourth-order valence-electron chi connectivity index (χ4n) is 2.22. The quantitative estimate of drug-likeness (QED) is 0.670. The molecule has 2 heterocycles. The molecule has 1 fully saturated rings. The third-order valence-electron chi connectivity index (χ3n) is 3.06. The van der Waals surface area contributed by atoms with Crippen molar-refractivity contribution in [3.05, 3.63) is 27.1 Å². The summed E-state index contributed by atoms with van der Waals surface area (Å²) in [7, 11) is 0. The van der Waals surface area contributed by atoms with Crippen LogP contribution in [0.15, 0.2) is 11.4 Å². The highest BCUT2D eigenvalue weighted by molar-refractivity contribution is 7.13. The van der Waals surface area contributed by atoms with Crippen LogP contribution in [-0.2, 0) is 4.79 Å². The number of aliphatic carboxylic acids is 1. The Morgan fingerprint density at radius 1 is 1.58 bits per heavy atom. The summed E-state index contributed by atoms with van der Waals surface area (Å²) in [6.45, 7) is 0.500. The lowest BCUT2D eigenvalue weighted by Gasteiger charge is -2.22. The number of hydrogen-bond acceptors (Lipinski definition) is 5. The lowest BCUT2D eigenvalue weighted by atomic mass is 10.1. The van der Waals surface area contributed by atoms with Gasteiger partial charge in [-0.05, 0) is 12.8 Å². The van der Waals surface area contributed by atoms with Crippen LogP contribution in [0.2, 0.25) is 0 Å². The lowest BCUT2D eigenvalue weighted by Crippen LogP contribution is -2.36. The number of nitro groups is 1. The molecule has 1 aromatic heterocycles. The van der Waals surface area contributed by atoms with E-state index in [1.807, 2.05) is 0 Å². The van der Waals surface area contributed by atoms with Crippen LogP contribution in [0, 0.1) is 10.1 Å². The molecule has 2 rings (SSSR count). The molecule has 1 saturated heterocycles. The number of carboxylic acids is 1. The SMILES string of the molecule is O=C(O)CC1CCCN1C(=O)c1csc([N+](=O)[O-])c1. The van der Waals surface area contributed by atoms with Crippen LogP contribution in [0.3, 0.4) is 0 Å². The van der Waals surface area contributed by atoms with Crippen molar-refractivity contribution in [2.45, 2.75) is 25.3 Å². The van der Waals surface area contributed by atoms with Crippen LogP contribution in [0.4, 0.5) is 5.00 Å². The number of carboxylic acid groups (broad SMARTS) is 1. The average Bonchev–Trinajstić information content (AvgIpc) is 2.95. The predicted molar refractivity (Wildman–Crippen MR) is 67.3 cm³/mol. The minimum Gasteiger partial charge on any atom is -0.481 e. The number of hydrogen-bond donors (Lipinski definition) is 1. The van der Waals surface area contributed by atoms with Crippen LogP contribution >= 0.6 is 11.3 Å². The largest absolute Gasteiger partial charge is 0.481 e. The molecule has 19 heavy (non-hydrogen) atoms. The van der Waals surface area contributed by atoms with E-state index in [0.29, 0.717) is 13.0 Å². The molecule has 102 valence electrons. The number of carbonyl (C=O) groups is 2. The molecule has 1 amide bonds. The van der Waals surface area contributed by atoms with Crippen molar-refractivity contribution >= 4 is 28.2 Å². The van der Waals surface area contributed by atoms with Crippen LogP contribution in [0.25, 0.3) is 0 Å². The smallest absolute Gasteiger partial charge is 0.324 e. The van der Waals surface area contributed by atoms with E-state index in [-0.39, 0.29) is 28.9 Å². The van der Waals surface area contributed by atoms with E-state index < -0.39 is 10.9 Å². The van der Waals surface area contributed by atoms with Crippen molar-refractivity contribution in [3.8, 4) is 0 Å². The molecule has 0 aliphatic carbocycles. The van der Waals surface area contributed by atoms with Gasteiger partial charge in [0.2, 0.25) is 0 Å². The van der Waals surface area contributed by atoms with Crippen molar-refractivity contribution in [1.29, 1.82) is 0 Å². The van der Waals surface area contributed by atoms with E-state index in [2.05, 4.69) is 0 Å². The van der Waals surface area contributed by atoms with Gasteiger partial charge in [0, 0.05) is 24.0 Å². The minimum atomic E-state index is -0.944. The van der Waals surface area contributed by atoms with E-state index in [1.54, 1.807) is 0 Å². The van der Waals surface area contributed by atoms with E-state index in [4.69, 9.17) is 5.11 Å². The summed E-state index contributed by atoms with van der Waals surface area (Å²) in [4.78, 5) is 34.5. The molecule has 0 radical (unpaired) electrons. The highest BCUT2D eigenvalue weighted by Crippen LogP contribution is 2.27. The summed E-state index contributed by atoms with van der Waals surface area (Å²) in [5.74, 6) is -1.27. The van der Waals surface area contributed by atoms with Gasteiger partial charge in [-0.25, -0.2) is 0 Å². The maximum atomic E-state index is 12.2. The van der Waals surface area contributed by atoms with Crippen LogP contribution < -0.4 is 0 Å². The van der Waals surface area contributed by atoms with Gasteiger partial charge in [0.25, 0.3) is 5.91 Å². The zero-order chi connectivity index (χ0) is 14.0. The number of carbonyl (C=O) groups excluding carboxylic acids is 1. The van der Waals surface area contributed by atoms with Gasteiger partial charge in [0.15, 0.2) is 0 Å². The number of amides is 1. The third kappa shape index (κ3) is 2.90. The second-order valence-corrected chi connectivity index (χ2v) is 5.21. The molecule has 8 heteroatoms. The fourth-order valence-corrected chi connectivity index (χ4v) is 2.91. The molecule has 0 saturated carbocycles. The molecule has 1 N–H and O–H groups in total. The first kappa shape index (κ1) is 13.5. The first-order chi connectivity index (χ1) is 8.99. The number of nitrogens with zero attached hydrogens (tertiary/aromatic N) is 2. The molecule has 0 bridgehead atoms. The topological polar surface area (TPSA) is 101 Å². The van der Waals surface area contributed by atoms with E-state index >= 15 is 0 Å². The Balaban J connectivity index is 2.13. The fraction of sp³-hybridized carbons (Fsp3) is 0.455. The van der Waals surface area contributed by atoms with E-state index in [9.17, 15) is 19.7 Å². The van der Waals surface area contributed by atoms with Gasteiger partial charge in [0.1, 0.15) is 0 Å². The normalized spacial score (nSPS) is 18.5. The monoisotopic (exact) mass is 284 g/mol. The second kappa shape index (κ2) is 5.35. The molecule has 1 aliphatic rings. The molecule has 1 aromatic rings. The van der Waals surface area contributed by atoms with E-state index in [0.717, 1.165) is 17.8 Å². The van der Waals surface area contributed by atoms with Gasteiger partial charge in [-0.2, -0.15) is 0 Å². The van der Waals surface area contributed by atoms with Crippen LogP contribution in [0.5, 0.6) is 0 Å². The van der Waals surface area contributed by atoms with Crippen LogP contribution in [-0.4, -0.2) is 39.4 Å². The lowest BCUT2D eigenvalue weighted by molar-refractivity contribution is -0.380. The third-order valence-corrected chi connectivity index (χ3v) is 3.94. The van der Waals surface area contributed by atoms with Gasteiger partial charge >= 0.3 is 11.0 Å². The molecule has 1 aliphatic heterocycles. The zero-order valence-corrected chi connectivity index (χ0v) is 10.8. The Morgan fingerprint density at radius 3 is 2.89 bits per heavy atom. The van der Waals surface area contributed by atoms with Crippen molar-refractivity contribution in [2.75, 3.05) is 6.54 Å². The summed E-state index contributed by atoms with van der Waals surface area (Å²) in [6, 6.07) is 0.923. The van der Waals surface area contributed by atoms with Crippen molar-refractivity contribution < 1.29 is 19.6 Å². The molecule has 1 unspecified atom stereocenters. The average molecular weight is 284 g/mol.